The van der Waals surface area contributed by atoms with Crippen molar-refractivity contribution >= 4 is 0 Å². The maximum absolute atomic E-state index is 12.4. The molecule has 0 aromatic heterocycles. The van der Waals surface area contributed by atoms with E-state index in [1.807, 2.05) is 0 Å². The molecule has 0 aromatic carbocycles. The smallest absolute Gasteiger partial charge is 0.187 e. The van der Waals surface area contributed by atoms with E-state index in [0.29, 0.717) is 12.8 Å². The third kappa shape index (κ3) is 19.8. The molecule has 9 aliphatic heterocycles. The minimum absolute atomic E-state index is 0.0585. The van der Waals surface area contributed by atoms with Crippen molar-refractivity contribution in [2.45, 2.75) is 296 Å². The number of nitrogens with zero attached hydrogens (tertiary/aromatic N) is 3. The van der Waals surface area contributed by atoms with Crippen molar-refractivity contribution in [3.05, 3.63) is 10.4 Å². The lowest BCUT2D eigenvalue weighted by Gasteiger charge is -2.50. The molecular weight excluding hydrogens is 1490 g/mol. The largest absolute Gasteiger partial charge is 0.394 e. The molecule has 28 N–H and O–H groups in total. The molecular formula is C59H101N3O46. The first-order valence-corrected chi connectivity index (χ1v) is 34.7. The minimum Gasteiger partial charge on any atom is -0.394 e. The van der Waals surface area contributed by atoms with Crippen LogP contribution in [0.4, 0.5) is 0 Å². The molecule has 0 bridgehead atoms. The van der Waals surface area contributed by atoms with Crippen LogP contribution in [0.25, 0.3) is 10.4 Å². The van der Waals surface area contributed by atoms with Crippen LogP contribution in [0, 0.1) is 0 Å². The molecule has 9 aliphatic rings. The SMILES string of the molecule is [N-]=[N+]=NCCCCCOC1OC(COC2OC(COC3OC(CO)C(O)C(O)C3OC3OC(CO)C(O)C(O)C3O)C(O)C(OC3OC(CO)C(O)C(O)C3OC3OC(CO)C(O)C(O)C3O)C2O)C(O)C(OC2OC(CO)C(O)C(O)C2OC2OC(CO)C(O)C(O)C2OC2OC(CO)C(O)C(O)C2O)C1O. The van der Waals surface area contributed by atoms with Crippen LogP contribution in [0.2, 0.25) is 0 Å². The molecule has 45 unspecified atom stereocenters. The fourth-order valence-corrected chi connectivity index (χ4v) is 13.5. The van der Waals surface area contributed by atoms with E-state index in [0.717, 1.165) is 0 Å². The molecule has 9 heterocycles. The number of azide groups is 1. The van der Waals surface area contributed by atoms with Gasteiger partial charge < -0.3 is 228 Å². The normalized spacial score (nSPS) is 50.5. The number of aliphatic hydroxyl groups is 28. The van der Waals surface area contributed by atoms with Crippen molar-refractivity contribution in [3.63, 3.8) is 0 Å². The van der Waals surface area contributed by atoms with E-state index in [2.05, 4.69) is 10.0 Å². The third-order valence-electron chi connectivity index (χ3n) is 20.0. The van der Waals surface area contributed by atoms with Crippen molar-refractivity contribution in [2.75, 3.05) is 72.6 Å². The zero-order chi connectivity index (χ0) is 79.0. The molecule has 0 amide bonds. The summed E-state index contributed by atoms with van der Waals surface area (Å²) in [6, 6.07) is 0. The standard InChI is InChI=1S/C59H101N3O46/c60-62-61-4-2-1-3-5-91-51-43(89)45(103-58-50(39(85)30(76)20(11-68)99-58)108-59-49(38(84)29(75)21(12-69)100-59)107-55-42(88)35(81)26(72)17(8-65)96-55)31(77)22(101-51)13-92-52-44(90)46(104-57-48(37(83)28(74)19(10-67)98-57)106-54-41(87)34(80)25(71)16(7-64)95-54)32(78)23(102-52)14-93-56-47(36(82)27(73)18(9-66)97-56)105-53-40(86)33(79)24(70)15(6-63)94-53/h15-59,63-90H,1-14H2. The van der Waals surface area contributed by atoms with Gasteiger partial charge in [-0.05, 0) is 18.4 Å². The Balaban J connectivity index is 1.03. The minimum atomic E-state index is -2.44. The Morgan fingerprint density at radius 2 is 0.481 bits per heavy atom. The zero-order valence-electron chi connectivity index (χ0n) is 57.1. The predicted octanol–water partition coefficient (Wildman–Crippen LogP) is -18.1. The number of aliphatic hydroxyl groups excluding tert-OH is 28. The molecule has 628 valence electrons. The molecule has 108 heavy (non-hydrogen) atoms. The Labute approximate surface area is 610 Å². The summed E-state index contributed by atoms with van der Waals surface area (Å²) < 4.78 is 105. The maximum Gasteiger partial charge on any atom is 0.187 e. The van der Waals surface area contributed by atoms with E-state index in [1.54, 1.807) is 0 Å². The van der Waals surface area contributed by atoms with Gasteiger partial charge in [-0.1, -0.05) is 11.5 Å². The topological polar surface area (TPSA) is 781 Å². The van der Waals surface area contributed by atoms with E-state index < -0.39 is 336 Å². The lowest BCUT2D eigenvalue weighted by atomic mass is 9.95. The summed E-state index contributed by atoms with van der Waals surface area (Å²) in [5.41, 5.74) is 8.78. The van der Waals surface area contributed by atoms with Gasteiger partial charge in [0.2, 0.25) is 0 Å². The van der Waals surface area contributed by atoms with Crippen LogP contribution in [0.15, 0.2) is 5.11 Å². The number of unbranched alkanes of at least 4 members (excludes halogenated alkanes) is 2. The molecule has 49 heteroatoms. The average Bonchev–Trinajstić information content (AvgIpc) is 0.771. The van der Waals surface area contributed by atoms with Crippen LogP contribution < -0.4 is 0 Å². The van der Waals surface area contributed by atoms with Crippen LogP contribution in [-0.2, 0) is 85.3 Å². The van der Waals surface area contributed by atoms with Gasteiger partial charge in [0.15, 0.2) is 56.6 Å². The van der Waals surface area contributed by atoms with Crippen LogP contribution in [0.5, 0.6) is 0 Å². The van der Waals surface area contributed by atoms with E-state index in [1.165, 1.54) is 0 Å². The van der Waals surface area contributed by atoms with E-state index >= 15 is 0 Å². The van der Waals surface area contributed by atoms with Crippen LogP contribution >= 0.6 is 0 Å². The lowest BCUT2D eigenvalue weighted by Crippen LogP contribution is -2.68. The Hall–Kier alpha value is -2.53. The molecule has 9 rings (SSSR count). The Morgan fingerprint density at radius 1 is 0.231 bits per heavy atom. The molecule has 0 spiro atoms. The summed E-state index contributed by atoms with van der Waals surface area (Å²) in [5, 5.41) is 310. The number of ether oxygens (including phenoxy) is 18. The second-order valence-electron chi connectivity index (χ2n) is 27.1. The first-order valence-electron chi connectivity index (χ1n) is 34.7. The average molecular weight is 1590 g/mol. The van der Waals surface area contributed by atoms with Crippen LogP contribution in [-0.4, -0.2) is 492 Å². The van der Waals surface area contributed by atoms with Gasteiger partial charge in [0.05, 0.1) is 59.5 Å². The van der Waals surface area contributed by atoms with E-state index in [-0.39, 0.29) is 19.6 Å². The maximum atomic E-state index is 12.4. The van der Waals surface area contributed by atoms with E-state index in [9.17, 15) is 143 Å². The fraction of sp³-hybridized carbons (Fsp3) is 1.00. The highest BCUT2D eigenvalue weighted by atomic mass is 16.8. The monoisotopic (exact) mass is 1590 g/mol. The molecule has 45 atom stereocenters. The molecule has 9 fully saturated rings. The van der Waals surface area contributed by atoms with Crippen molar-refractivity contribution in [1.82, 2.24) is 0 Å². The highest BCUT2D eigenvalue weighted by Crippen LogP contribution is 2.40. The molecule has 0 saturated carbocycles. The van der Waals surface area contributed by atoms with Crippen LogP contribution in [0.3, 0.4) is 0 Å². The van der Waals surface area contributed by atoms with Crippen LogP contribution in [0.1, 0.15) is 19.3 Å². The molecule has 49 nitrogen and oxygen atoms in total. The number of hydrogen-bond donors (Lipinski definition) is 28. The van der Waals surface area contributed by atoms with E-state index in [4.69, 9.17) is 90.8 Å². The van der Waals surface area contributed by atoms with Gasteiger partial charge in [0.25, 0.3) is 0 Å². The second kappa shape index (κ2) is 40.4. The lowest BCUT2D eigenvalue weighted by molar-refractivity contribution is -0.405. The van der Waals surface area contributed by atoms with Crippen molar-refractivity contribution < 1.29 is 228 Å². The summed E-state index contributed by atoms with van der Waals surface area (Å²) in [4.78, 5) is 2.69. The van der Waals surface area contributed by atoms with Gasteiger partial charge in [-0.25, -0.2) is 0 Å². The first kappa shape index (κ1) is 89.4. The summed E-state index contributed by atoms with van der Waals surface area (Å²) in [6.45, 7) is -9.73. The van der Waals surface area contributed by atoms with Gasteiger partial charge in [0.1, 0.15) is 220 Å². The molecule has 9 saturated heterocycles. The second-order valence-corrected chi connectivity index (χ2v) is 27.1. The summed E-state index contributed by atoms with van der Waals surface area (Å²) in [7, 11) is 0. The summed E-state index contributed by atoms with van der Waals surface area (Å²) in [6.07, 6.45) is -93.2. The van der Waals surface area contributed by atoms with Crippen molar-refractivity contribution in [1.29, 1.82) is 0 Å². The number of rotatable bonds is 32. The van der Waals surface area contributed by atoms with Crippen molar-refractivity contribution in [3.8, 4) is 0 Å². The Kier molecular flexibility index (Phi) is 33.4. The third-order valence-corrected chi connectivity index (χ3v) is 20.0. The van der Waals surface area contributed by atoms with Gasteiger partial charge in [-0.3, -0.25) is 0 Å². The van der Waals surface area contributed by atoms with Gasteiger partial charge in [-0.15, -0.1) is 0 Å². The first-order chi connectivity index (χ1) is 51.4. The number of hydrogen-bond acceptors (Lipinski definition) is 47. The van der Waals surface area contributed by atoms with Gasteiger partial charge in [-0.2, -0.15) is 0 Å². The Morgan fingerprint density at radius 3 is 0.796 bits per heavy atom. The van der Waals surface area contributed by atoms with Gasteiger partial charge in [0, 0.05) is 18.1 Å². The fourth-order valence-electron chi connectivity index (χ4n) is 13.5. The van der Waals surface area contributed by atoms with Gasteiger partial charge >= 0.3 is 0 Å². The zero-order valence-corrected chi connectivity index (χ0v) is 57.1. The highest BCUT2D eigenvalue weighted by molar-refractivity contribution is 5.02. The Bertz CT molecular complexity index is 2720. The predicted molar refractivity (Wildman–Crippen MR) is 329 cm³/mol. The summed E-state index contributed by atoms with van der Waals surface area (Å²) in [5.74, 6) is 0. The van der Waals surface area contributed by atoms with Crippen molar-refractivity contribution in [2.24, 2.45) is 5.11 Å². The quantitative estimate of drug-likeness (QED) is 0.0129. The molecule has 0 radical (unpaired) electrons. The molecule has 0 aromatic rings. The summed E-state index contributed by atoms with van der Waals surface area (Å²) >= 11 is 0. The molecule has 0 aliphatic carbocycles. The highest BCUT2D eigenvalue weighted by Gasteiger charge is 2.60.